The second kappa shape index (κ2) is 5.00. The van der Waals surface area contributed by atoms with Gasteiger partial charge in [-0.1, -0.05) is 11.6 Å². The number of hydrogen-bond donors (Lipinski definition) is 0. The Morgan fingerprint density at radius 3 is 2.37 bits per heavy atom. The number of alkyl halides is 3. The van der Waals surface area contributed by atoms with Gasteiger partial charge in [-0.3, -0.25) is 0 Å². The van der Waals surface area contributed by atoms with Crippen LogP contribution >= 0.6 is 11.6 Å². The highest BCUT2D eigenvalue weighted by Gasteiger charge is 2.34. The molecule has 1 aromatic carbocycles. The van der Waals surface area contributed by atoms with Crippen molar-refractivity contribution >= 4 is 11.6 Å². The molecule has 0 aliphatic rings. The molecule has 0 N–H and O–H groups in total. The fourth-order valence-corrected chi connectivity index (χ4v) is 1.36. The molecule has 2 aromatic rings. The van der Waals surface area contributed by atoms with Crippen molar-refractivity contribution in [2.45, 2.75) is 6.18 Å². The van der Waals surface area contributed by atoms with E-state index in [1.807, 2.05) is 0 Å². The zero-order valence-corrected chi connectivity index (χ0v) is 9.84. The van der Waals surface area contributed by atoms with Crippen LogP contribution < -0.4 is 4.74 Å². The summed E-state index contributed by atoms with van der Waals surface area (Å²) in [6.07, 6.45) is -4.80. The summed E-state index contributed by atoms with van der Waals surface area (Å²) in [4.78, 5) is 0. The Labute approximate surface area is 109 Å². The molecule has 0 saturated heterocycles. The van der Waals surface area contributed by atoms with Crippen molar-refractivity contribution < 1.29 is 22.3 Å². The van der Waals surface area contributed by atoms with E-state index in [4.69, 9.17) is 16.3 Å². The molecule has 2 rings (SSSR count). The van der Waals surface area contributed by atoms with E-state index in [0.717, 1.165) is 6.07 Å². The minimum atomic E-state index is -4.80. The van der Waals surface area contributed by atoms with E-state index in [-0.39, 0.29) is 16.8 Å². The maximum atomic E-state index is 13.0. The van der Waals surface area contributed by atoms with Crippen LogP contribution in [-0.2, 0) is 6.18 Å². The molecule has 3 nitrogen and oxygen atoms in total. The van der Waals surface area contributed by atoms with Crippen LogP contribution in [0.1, 0.15) is 5.56 Å². The molecule has 0 radical (unpaired) electrons. The van der Waals surface area contributed by atoms with Crippen LogP contribution in [-0.4, -0.2) is 10.2 Å². The van der Waals surface area contributed by atoms with Gasteiger partial charge in [0, 0.05) is 6.07 Å². The topological polar surface area (TPSA) is 35.0 Å². The summed E-state index contributed by atoms with van der Waals surface area (Å²) in [5.41, 5.74) is -1.41. The molecule has 0 aliphatic carbocycles. The Morgan fingerprint density at radius 2 is 1.79 bits per heavy atom. The van der Waals surface area contributed by atoms with Crippen molar-refractivity contribution in [2.24, 2.45) is 0 Å². The average Bonchev–Trinajstić information content (AvgIpc) is 2.33. The summed E-state index contributed by atoms with van der Waals surface area (Å²) in [7, 11) is 0. The van der Waals surface area contributed by atoms with E-state index in [1.54, 1.807) is 0 Å². The van der Waals surface area contributed by atoms with Crippen molar-refractivity contribution in [3.63, 3.8) is 0 Å². The van der Waals surface area contributed by atoms with Crippen molar-refractivity contribution in [3.05, 3.63) is 46.9 Å². The SMILES string of the molecule is Fc1ccc(Oc2ccc(Cl)nn2)cc1C(F)(F)F. The van der Waals surface area contributed by atoms with Gasteiger partial charge in [0.15, 0.2) is 5.15 Å². The van der Waals surface area contributed by atoms with Gasteiger partial charge in [-0.05, 0) is 24.3 Å². The van der Waals surface area contributed by atoms with E-state index >= 15 is 0 Å². The lowest BCUT2D eigenvalue weighted by Crippen LogP contribution is -2.08. The molecule has 0 saturated carbocycles. The maximum Gasteiger partial charge on any atom is 0.419 e. The van der Waals surface area contributed by atoms with Crippen molar-refractivity contribution in [1.29, 1.82) is 0 Å². The number of ether oxygens (including phenoxy) is 1. The summed E-state index contributed by atoms with van der Waals surface area (Å²) in [5, 5.41) is 7.08. The quantitative estimate of drug-likeness (QED) is 0.782. The van der Waals surface area contributed by atoms with E-state index in [1.165, 1.54) is 12.1 Å². The zero-order chi connectivity index (χ0) is 14.0. The number of nitrogens with zero attached hydrogens (tertiary/aromatic N) is 2. The van der Waals surface area contributed by atoms with Crippen LogP contribution in [0.15, 0.2) is 30.3 Å². The lowest BCUT2D eigenvalue weighted by molar-refractivity contribution is -0.140. The standard InChI is InChI=1S/C11H5ClF4N2O/c12-9-3-4-10(18-17-9)19-6-1-2-8(13)7(5-6)11(14,15)16/h1-5H. The lowest BCUT2D eigenvalue weighted by atomic mass is 10.2. The van der Waals surface area contributed by atoms with Gasteiger partial charge in [-0.25, -0.2) is 4.39 Å². The van der Waals surface area contributed by atoms with Crippen LogP contribution in [0.2, 0.25) is 5.15 Å². The molecule has 0 fully saturated rings. The molecular formula is C11H5ClF4N2O. The zero-order valence-electron chi connectivity index (χ0n) is 9.08. The Hall–Kier alpha value is -1.89. The molecule has 1 heterocycles. The second-order valence-electron chi connectivity index (χ2n) is 3.44. The lowest BCUT2D eigenvalue weighted by Gasteiger charge is -2.10. The van der Waals surface area contributed by atoms with Gasteiger partial charge < -0.3 is 4.74 Å². The van der Waals surface area contributed by atoms with Crippen LogP contribution in [0.4, 0.5) is 17.6 Å². The molecule has 19 heavy (non-hydrogen) atoms. The first-order valence-corrected chi connectivity index (χ1v) is 5.28. The second-order valence-corrected chi connectivity index (χ2v) is 3.82. The Bertz CT molecular complexity index is 586. The number of aromatic nitrogens is 2. The number of rotatable bonds is 2. The van der Waals surface area contributed by atoms with Crippen LogP contribution in [0, 0.1) is 5.82 Å². The van der Waals surface area contributed by atoms with Gasteiger partial charge in [0.05, 0.1) is 5.56 Å². The van der Waals surface area contributed by atoms with E-state index in [0.29, 0.717) is 12.1 Å². The first-order valence-electron chi connectivity index (χ1n) is 4.90. The minimum absolute atomic E-state index is 0.0517. The summed E-state index contributed by atoms with van der Waals surface area (Å²) < 4.78 is 55.5. The molecule has 8 heteroatoms. The van der Waals surface area contributed by atoms with Crippen molar-refractivity contribution in [1.82, 2.24) is 10.2 Å². The van der Waals surface area contributed by atoms with E-state index < -0.39 is 17.6 Å². The summed E-state index contributed by atoms with van der Waals surface area (Å²) in [5.74, 6) is -1.63. The number of benzene rings is 1. The molecule has 0 atom stereocenters. The normalized spacial score (nSPS) is 11.4. The third kappa shape index (κ3) is 3.31. The third-order valence-electron chi connectivity index (χ3n) is 2.07. The van der Waals surface area contributed by atoms with E-state index in [9.17, 15) is 17.6 Å². The molecule has 0 spiro atoms. The molecule has 0 amide bonds. The highest BCUT2D eigenvalue weighted by atomic mass is 35.5. The van der Waals surface area contributed by atoms with Gasteiger partial charge in [0.1, 0.15) is 11.6 Å². The van der Waals surface area contributed by atoms with Gasteiger partial charge in [-0.15, -0.1) is 10.2 Å². The van der Waals surface area contributed by atoms with Gasteiger partial charge >= 0.3 is 6.18 Å². The minimum Gasteiger partial charge on any atom is -0.438 e. The summed E-state index contributed by atoms with van der Waals surface area (Å²) in [6.45, 7) is 0. The molecule has 1 aromatic heterocycles. The largest absolute Gasteiger partial charge is 0.438 e. The van der Waals surface area contributed by atoms with E-state index in [2.05, 4.69) is 10.2 Å². The summed E-state index contributed by atoms with van der Waals surface area (Å²) in [6, 6.07) is 4.96. The predicted octanol–water partition coefficient (Wildman–Crippen LogP) is 4.08. The van der Waals surface area contributed by atoms with Crippen LogP contribution in [0.25, 0.3) is 0 Å². The first kappa shape index (κ1) is 13.5. The molecule has 0 unspecified atom stereocenters. The van der Waals surface area contributed by atoms with Gasteiger partial charge in [-0.2, -0.15) is 13.2 Å². The average molecular weight is 293 g/mol. The first-order chi connectivity index (χ1) is 8.86. The van der Waals surface area contributed by atoms with Gasteiger partial charge in [0.2, 0.25) is 5.88 Å². The van der Waals surface area contributed by atoms with Crippen molar-refractivity contribution in [3.8, 4) is 11.6 Å². The predicted molar refractivity (Wildman–Crippen MR) is 58.5 cm³/mol. The fourth-order valence-electron chi connectivity index (χ4n) is 1.26. The smallest absolute Gasteiger partial charge is 0.419 e. The highest BCUT2D eigenvalue weighted by molar-refractivity contribution is 6.29. The van der Waals surface area contributed by atoms with Crippen LogP contribution in [0.3, 0.4) is 0 Å². The Kier molecular flexibility index (Phi) is 3.57. The molecule has 0 aliphatic heterocycles. The third-order valence-corrected chi connectivity index (χ3v) is 2.27. The van der Waals surface area contributed by atoms with Crippen LogP contribution in [0.5, 0.6) is 11.6 Å². The van der Waals surface area contributed by atoms with Gasteiger partial charge in [0.25, 0.3) is 0 Å². The van der Waals surface area contributed by atoms with Crippen molar-refractivity contribution in [2.75, 3.05) is 0 Å². The fraction of sp³-hybridized carbons (Fsp3) is 0.0909. The maximum absolute atomic E-state index is 13.0. The highest BCUT2D eigenvalue weighted by Crippen LogP contribution is 2.34. The monoisotopic (exact) mass is 292 g/mol. The molecule has 100 valence electrons. The number of hydrogen-bond acceptors (Lipinski definition) is 3. The molecular weight excluding hydrogens is 288 g/mol. The Balaban J connectivity index is 2.29. The number of halogens is 5. The summed E-state index contributed by atoms with van der Waals surface area (Å²) >= 11 is 5.49. The Morgan fingerprint density at radius 1 is 1.05 bits per heavy atom. The molecule has 0 bridgehead atoms.